The third kappa shape index (κ3) is 3.36. The molecule has 1 fully saturated rings. The van der Waals surface area contributed by atoms with Crippen molar-refractivity contribution in [1.82, 2.24) is 20.1 Å². The summed E-state index contributed by atoms with van der Waals surface area (Å²) in [5, 5.41) is 12.2. The largest absolute Gasteiger partial charge is 0.366 e. The summed E-state index contributed by atoms with van der Waals surface area (Å²) in [6.07, 6.45) is 5.16. The summed E-state index contributed by atoms with van der Waals surface area (Å²) in [5.41, 5.74) is 0. The van der Waals surface area contributed by atoms with E-state index in [9.17, 15) is 4.79 Å². The fraction of sp³-hybridized carbons (Fsp3) is 0.429. The van der Waals surface area contributed by atoms with Crippen molar-refractivity contribution in [3.05, 3.63) is 34.4 Å². The monoisotopic (exact) mass is 303 g/mol. The van der Waals surface area contributed by atoms with Gasteiger partial charge >= 0.3 is 0 Å². The van der Waals surface area contributed by atoms with Crippen LogP contribution in [-0.4, -0.2) is 45.1 Å². The molecule has 1 aliphatic rings. The zero-order valence-electron chi connectivity index (χ0n) is 11.8. The maximum Gasteiger partial charge on any atom is 0.265 e. The summed E-state index contributed by atoms with van der Waals surface area (Å²) in [5.74, 6) is 0.888. The number of amides is 1. The number of rotatable bonds is 3. The van der Waals surface area contributed by atoms with Gasteiger partial charge in [0.25, 0.3) is 5.91 Å². The smallest absolute Gasteiger partial charge is 0.265 e. The molecule has 6 nitrogen and oxygen atoms in total. The van der Waals surface area contributed by atoms with E-state index in [0.717, 1.165) is 41.6 Å². The first-order valence-corrected chi connectivity index (χ1v) is 7.80. The first kappa shape index (κ1) is 13.9. The van der Waals surface area contributed by atoms with E-state index in [2.05, 4.69) is 20.5 Å². The van der Waals surface area contributed by atoms with Crippen molar-refractivity contribution in [3.63, 3.8) is 0 Å². The number of carbonyl (C=O) groups excluding carboxylic acids is 1. The molecule has 1 aliphatic heterocycles. The maximum absolute atomic E-state index is 12.3. The van der Waals surface area contributed by atoms with E-state index in [4.69, 9.17) is 0 Å². The highest BCUT2D eigenvalue weighted by atomic mass is 32.1. The molecule has 1 amide bonds. The van der Waals surface area contributed by atoms with Gasteiger partial charge < -0.3 is 10.2 Å². The summed E-state index contributed by atoms with van der Waals surface area (Å²) in [4.78, 5) is 19.1. The maximum atomic E-state index is 12.3. The first-order chi connectivity index (χ1) is 10.2. The Balaban J connectivity index is 1.54. The molecule has 0 atom stereocenters. The molecule has 1 saturated heterocycles. The summed E-state index contributed by atoms with van der Waals surface area (Å²) in [6.45, 7) is 3.43. The molecule has 0 unspecified atom stereocenters. The minimum Gasteiger partial charge on any atom is -0.366 e. The van der Waals surface area contributed by atoms with Crippen LogP contribution in [0.15, 0.2) is 24.5 Å². The zero-order valence-corrected chi connectivity index (χ0v) is 12.6. The van der Waals surface area contributed by atoms with Gasteiger partial charge in [0.1, 0.15) is 10.7 Å². The Labute approximate surface area is 127 Å². The van der Waals surface area contributed by atoms with Gasteiger partial charge in [-0.15, -0.1) is 16.4 Å². The minimum atomic E-state index is 0.0959. The molecule has 21 heavy (non-hydrogen) atoms. The summed E-state index contributed by atoms with van der Waals surface area (Å²) in [7, 11) is 0. The molecule has 0 aliphatic carbocycles. The van der Waals surface area contributed by atoms with Crippen LogP contribution in [0.25, 0.3) is 0 Å². The fourth-order valence-electron chi connectivity index (χ4n) is 2.43. The molecular weight excluding hydrogens is 286 g/mol. The second kappa shape index (κ2) is 6.17. The van der Waals surface area contributed by atoms with E-state index in [0.29, 0.717) is 6.04 Å². The zero-order chi connectivity index (χ0) is 14.7. The average molecular weight is 303 g/mol. The first-order valence-electron chi connectivity index (χ1n) is 6.98. The normalized spacial score (nSPS) is 16.0. The molecule has 0 spiro atoms. The number of nitrogens with one attached hydrogen (secondary N) is 1. The van der Waals surface area contributed by atoms with Crippen LogP contribution < -0.4 is 5.32 Å². The molecule has 2 aromatic heterocycles. The quantitative estimate of drug-likeness (QED) is 0.938. The predicted molar refractivity (Wildman–Crippen MR) is 81.4 cm³/mol. The molecule has 110 valence electrons. The molecule has 7 heteroatoms. The molecule has 2 aromatic rings. The van der Waals surface area contributed by atoms with Gasteiger partial charge in [0.15, 0.2) is 0 Å². The van der Waals surface area contributed by atoms with Crippen LogP contribution in [0.5, 0.6) is 0 Å². The van der Waals surface area contributed by atoms with Crippen molar-refractivity contribution in [1.29, 1.82) is 0 Å². The Bertz CT molecular complexity index is 607. The Hall–Kier alpha value is -2.02. The van der Waals surface area contributed by atoms with Crippen LogP contribution in [0.1, 0.15) is 27.5 Å². The molecule has 0 saturated carbocycles. The number of carbonyl (C=O) groups is 1. The Morgan fingerprint density at radius 3 is 2.86 bits per heavy atom. The second-order valence-corrected chi connectivity index (χ2v) is 6.30. The number of nitrogens with zero attached hydrogens (tertiary/aromatic N) is 4. The van der Waals surface area contributed by atoms with Crippen LogP contribution in [0.3, 0.4) is 0 Å². The number of thiazole rings is 1. The van der Waals surface area contributed by atoms with Crippen LogP contribution in [0, 0.1) is 6.92 Å². The van der Waals surface area contributed by atoms with Gasteiger partial charge in [-0.1, -0.05) is 0 Å². The lowest BCUT2D eigenvalue weighted by molar-refractivity contribution is 0.0723. The number of hydrogen-bond donors (Lipinski definition) is 1. The highest BCUT2D eigenvalue weighted by molar-refractivity contribution is 7.13. The predicted octanol–water partition coefficient (Wildman–Crippen LogP) is 1.96. The molecule has 0 bridgehead atoms. The van der Waals surface area contributed by atoms with Crippen molar-refractivity contribution < 1.29 is 4.79 Å². The summed E-state index contributed by atoms with van der Waals surface area (Å²) >= 11 is 1.46. The Morgan fingerprint density at radius 2 is 2.24 bits per heavy atom. The van der Waals surface area contributed by atoms with Gasteiger partial charge in [0, 0.05) is 25.3 Å². The lowest BCUT2D eigenvalue weighted by Crippen LogP contribution is -2.42. The van der Waals surface area contributed by atoms with Crippen molar-refractivity contribution >= 4 is 23.1 Å². The lowest BCUT2D eigenvalue weighted by atomic mass is 10.0. The SMILES string of the molecule is Cc1ncc(C(=O)N2CCC(Nc3cccnn3)CC2)s1. The number of aromatic nitrogens is 3. The lowest BCUT2D eigenvalue weighted by Gasteiger charge is -2.32. The topological polar surface area (TPSA) is 71.0 Å². The van der Waals surface area contributed by atoms with Gasteiger partial charge in [-0.25, -0.2) is 4.98 Å². The standard InChI is InChI=1S/C14H17N5OS/c1-10-15-9-12(21-10)14(20)19-7-4-11(5-8-19)17-13-3-2-6-16-18-13/h2-3,6,9,11H,4-5,7-8H2,1H3,(H,17,18). The van der Waals surface area contributed by atoms with Gasteiger partial charge in [-0.2, -0.15) is 5.10 Å². The van der Waals surface area contributed by atoms with E-state index in [1.165, 1.54) is 11.3 Å². The van der Waals surface area contributed by atoms with Crippen molar-refractivity contribution in [2.75, 3.05) is 18.4 Å². The van der Waals surface area contributed by atoms with E-state index in [1.807, 2.05) is 24.0 Å². The number of hydrogen-bond acceptors (Lipinski definition) is 6. The average Bonchev–Trinajstić information content (AvgIpc) is 2.95. The molecular formula is C14H17N5OS. The molecule has 0 radical (unpaired) electrons. The fourth-order valence-corrected chi connectivity index (χ4v) is 3.18. The molecule has 1 N–H and O–H groups in total. The molecule has 3 heterocycles. The van der Waals surface area contributed by atoms with Crippen LogP contribution >= 0.6 is 11.3 Å². The van der Waals surface area contributed by atoms with E-state index in [1.54, 1.807) is 12.4 Å². The molecule has 3 rings (SSSR count). The third-order valence-corrected chi connectivity index (χ3v) is 4.44. The minimum absolute atomic E-state index is 0.0959. The van der Waals surface area contributed by atoms with Gasteiger partial charge in [0.05, 0.1) is 11.2 Å². The van der Waals surface area contributed by atoms with Crippen molar-refractivity contribution in [2.45, 2.75) is 25.8 Å². The summed E-state index contributed by atoms with van der Waals surface area (Å²) in [6, 6.07) is 4.11. The van der Waals surface area contributed by atoms with E-state index < -0.39 is 0 Å². The van der Waals surface area contributed by atoms with Crippen molar-refractivity contribution in [2.24, 2.45) is 0 Å². The van der Waals surface area contributed by atoms with Gasteiger partial charge in [-0.3, -0.25) is 4.79 Å². The van der Waals surface area contributed by atoms with Crippen LogP contribution in [0.4, 0.5) is 5.82 Å². The summed E-state index contributed by atoms with van der Waals surface area (Å²) < 4.78 is 0. The Morgan fingerprint density at radius 1 is 1.43 bits per heavy atom. The second-order valence-electron chi connectivity index (χ2n) is 5.06. The number of aryl methyl sites for hydroxylation is 1. The number of piperidine rings is 1. The van der Waals surface area contributed by atoms with Crippen LogP contribution in [-0.2, 0) is 0 Å². The number of likely N-dealkylation sites (tertiary alicyclic amines) is 1. The van der Waals surface area contributed by atoms with Gasteiger partial charge in [-0.05, 0) is 31.9 Å². The Kier molecular flexibility index (Phi) is 4.10. The van der Waals surface area contributed by atoms with Gasteiger partial charge in [0.2, 0.25) is 0 Å². The molecule has 0 aromatic carbocycles. The van der Waals surface area contributed by atoms with E-state index in [-0.39, 0.29) is 5.91 Å². The number of anilines is 1. The third-order valence-electron chi connectivity index (χ3n) is 3.54. The highest BCUT2D eigenvalue weighted by Crippen LogP contribution is 2.19. The van der Waals surface area contributed by atoms with E-state index >= 15 is 0 Å². The highest BCUT2D eigenvalue weighted by Gasteiger charge is 2.24. The van der Waals surface area contributed by atoms with Crippen LogP contribution in [0.2, 0.25) is 0 Å². The van der Waals surface area contributed by atoms with Crippen molar-refractivity contribution in [3.8, 4) is 0 Å².